The minimum Gasteiger partial charge on any atom is -0.379 e. The molecule has 0 amide bonds. The van der Waals surface area contributed by atoms with Crippen molar-refractivity contribution in [3.63, 3.8) is 0 Å². The first kappa shape index (κ1) is 11.9. The molecule has 2 aliphatic heterocycles. The van der Waals surface area contributed by atoms with Crippen LogP contribution in [0, 0.1) is 0 Å². The molecule has 3 rings (SSSR count). The Hall–Kier alpha value is -1.20. The molecular weight excluding hydrogens is 230 g/mol. The number of hydrogen-bond donors (Lipinski definition) is 0. The molecule has 3 heterocycles. The molecule has 2 aliphatic rings. The van der Waals surface area contributed by atoms with Gasteiger partial charge in [0.2, 0.25) is 5.95 Å². The van der Waals surface area contributed by atoms with Gasteiger partial charge < -0.3 is 14.4 Å². The van der Waals surface area contributed by atoms with Crippen LogP contribution in [0.5, 0.6) is 0 Å². The summed E-state index contributed by atoms with van der Waals surface area (Å²) >= 11 is 0. The quantitative estimate of drug-likeness (QED) is 0.789. The van der Waals surface area contributed by atoms with E-state index in [-0.39, 0.29) is 11.7 Å². The number of ether oxygens (including phenoxy) is 2. The Kier molecular flexibility index (Phi) is 3.18. The van der Waals surface area contributed by atoms with Gasteiger partial charge in [-0.25, -0.2) is 9.97 Å². The molecule has 98 valence electrons. The second-order valence-electron chi connectivity index (χ2n) is 5.09. The zero-order valence-electron chi connectivity index (χ0n) is 10.7. The Morgan fingerprint density at radius 2 is 2.06 bits per heavy atom. The van der Waals surface area contributed by atoms with Crippen molar-refractivity contribution in [2.75, 3.05) is 31.7 Å². The van der Waals surface area contributed by atoms with Crippen molar-refractivity contribution in [1.82, 2.24) is 9.97 Å². The molecule has 1 atom stereocenters. The topological polar surface area (TPSA) is 47.5 Å². The van der Waals surface area contributed by atoms with Crippen molar-refractivity contribution in [3.8, 4) is 0 Å². The largest absolute Gasteiger partial charge is 0.379 e. The normalized spacial score (nSPS) is 26.7. The second kappa shape index (κ2) is 4.82. The van der Waals surface area contributed by atoms with Gasteiger partial charge in [-0.1, -0.05) is 0 Å². The van der Waals surface area contributed by atoms with Gasteiger partial charge in [-0.05, 0) is 18.9 Å². The van der Waals surface area contributed by atoms with E-state index in [0.717, 1.165) is 44.9 Å². The fourth-order valence-corrected chi connectivity index (χ4v) is 2.87. The first-order chi connectivity index (χ1) is 8.81. The van der Waals surface area contributed by atoms with Crippen LogP contribution in [0.4, 0.5) is 5.95 Å². The van der Waals surface area contributed by atoms with Crippen LogP contribution >= 0.6 is 0 Å². The van der Waals surface area contributed by atoms with E-state index in [1.165, 1.54) is 0 Å². The van der Waals surface area contributed by atoms with Crippen molar-refractivity contribution in [1.29, 1.82) is 0 Å². The van der Waals surface area contributed by atoms with Gasteiger partial charge in [-0.15, -0.1) is 0 Å². The smallest absolute Gasteiger partial charge is 0.225 e. The number of methoxy groups -OCH3 is 1. The molecule has 0 bridgehead atoms. The summed E-state index contributed by atoms with van der Waals surface area (Å²) in [6.45, 7) is 2.65. The number of hydrogen-bond acceptors (Lipinski definition) is 5. The average molecular weight is 249 g/mol. The SMILES string of the molecule is CO[C@@H]1COC2(CCN(c3ncccn3)CC2)C1. The summed E-state index contributed by atoms with van der Waals surface area (Å²) in [5.74, 6) is 0.827. The van der Waals surface area contributed by atoms with Crippen LogP contribution in [-0.2, 0) is 9.47 Å². The van der Waals surface area contributed by atoms with Crippen molar-refractivity contribution in [3.05, 3.63) is 18.5 Å². The van der Waals surface area contributed by atoms with E-state index in [2.05, 4.69) is 14.9 Å². The molecule has 0 unspecified atom stereocenters. The van der Waals surface area contributed by atoms with E-state index < -0.39 is 0 Å². The van der Waals surface area contributed by atoms with Crippen LogP contribution < -0.4 is 4.90 Å². The van der Waals surface area contributed by atoms with Gasteiger partial charge in [-0.3, -0.25) is 0 Å². The third-order valence-electron chi connectivity index (χ3n) is 4.02. The number of nitrogens with zero attached hydrogens (tertiary/aromatic N) is 3. The Morgan fingerprint density at radius 3 is 2.67 bits per heavy atom. The van der Waals surface area contributed by atoms with Crippen molar-refractivity contribution >= 4 is 5.95 Å². The molecule has 5 nitrogen and oxygen atoms in total. The van der Waals surface area contributed by atoms with E-state index in [9.17, 15) is 0 Å². The third kappa shape index (κ3) is 2.20. The molecule has 1 aromatic heterocycles. The maximum Gasteiger partial charge on any atom is 0.225 e. The maximum absolute atomic E-state index is 5.98. The van der Waals surface area contributed by atoms with Gasteiger partial charge in [-0.2, -0.15) is 0 Å². The summed E-state index contributed by atoms with van der Waals surface area (Å²) in [5, 5.41) is 0. The number of piperidine rings is 1. The zero-order valence-corrected chi connectivity index (χ0v) is 10.7. The number of rotatable bonds is 2. The molecule has 0 radical (unpaired) electrons. The molecular formula is C13H19N3O2. The maximum atomic E-state index is 5.98. The first-order valence-corrected chi connectivity index (χ1v) is 6.50. The van der Waals surface area contributed by atoms with Crippen LogP contribution in [0.3, 0.4) is 0 Å². The molecule has 1 spiro atoms. The third-order valence-corrected chi connectivity index (χ3v) is 4.02. The highest BCUT2D eigenvalue weighted by Gasteiger charge is 2.43. The van der Waals surface area contributed by atoms with Crippen LogP contribution in [-0.4, -0.2) is 48.5 Å². The van der Waals surface area contributed by atoms with E-state index >= 15 is 0 Å². The summed E-state index contributed by atoms with van der Waals surface area (Å²) < 4.78 is 11.4. The molecule has 2 fully saturated rings. The Morgan fingerprint density at radius 1 is 1.33 bits per heavy atom. The molecule has 0 N–H and O–H groups in total. The van der Waals surface area contributed by atoms with Gasteiger partial charge in [0.1, 0.15) is 0 Å². The van der Waals surface area contributed by atoms with E-state index in [1.54, 1.807) is 19.5 Å². The van der Waals surface area contributed by atoms with E-state index in [0.29, 0.717) is 0 Å². The van der Waals surface area contributed by atoms with Crippen LogP contribution in [0.25, 0.3) is 0 Å². The summed E-state index contributed by atoms with van der Waals surface area (Å²) in [6, 6.07) is 1.85. The lowest BCUT2D eigenvalue weighted by Crippen LogP contribution is -2.44. The lowest BCUT2D eigenvalue weighted by atomic mass is 9.88. The van der Waals surface area contributed by atoms with Gasteiger partial charge in [0, 0.05) is 39.0 Å². The molecule has 18 heavy (non-hydrogen) atoms. The summed E-state index contributed by atoms with van der Waals surface area (Å²) in [5.41, 5.74) is 0.0337. The molecule has 2 saturated heterocycles. The predicted molar refractivity (Wildman–Crippen MR) is 67.6 cm³/mol. The molecule has 1 aromatic rings. The van der Waals surface area contributed by atoms with Gasteiger partial charge in [0.15, 0.2) is 0 Å². The van der Waals surface area contributed by atoms with Crippen LogP contribution in [0.15, 0.2) is 18.5 Å². The zero-order chi connectivity index (χ0) is 12.4. The fourth-order valence-electron chi connectivity index (χ4n) is 2.87. The summed E-state index contributed by atoms with van der Waals surface area (Å²) in [7, 11) is 1.76. The van der Waals surface area contributed by atoms with Crippen molar-refractivity contribution < 1.29 is 9.47 Å². The average Bonchev–Trinajstić information content (AvgIpc) is 2.84. The first-order valence-electron chi connectivity index (χ1n) is 6.50. The van der Waals surface area contributed by atoms with Crippen LogP contribution in [0.1, 0.15) is 19.3 Å². The monoisotopic (exact) mass is 249 g/mol. The minimum absolute atomic E-state index is 0.0337. The second-order valence-corrected chi connectivity index (χ2v) is 5.09. The summed E-state index contributed by atoms with van der Waals surface area (Å²) in [4.78, 5) is 10.8. The highest BCUT2D eigenvalue weighted by atomic mass is 16.6. The lowest BCUT2D eigenvalue weighted by Gasteiger charge is -2.38. The highest BCUT2D eigenvalue weighted by molar-refractivity contribution is 5.29. The Balaban J connectivity index is 1.62. The minimum atomic E-state index is 0.0337. The Bertz CT molecular complexity index is 390. The molecule has 0 aliphatic carbocycles. The van der Waals surface area contributed by atoms with Gasteiger partial charge in [0.25, 0.3) is 0 Å². The molecule has 5 heteroatoms. The summed E-state index contributed by atoms with van der Waals surface area (Å²) in [6.07, 6.45) is 6.94. The number of aromatic nitrogens is 2. The fraction of sp³-hybridized carbons (Fsp3) is 0.692. The van der Waals surface area contributed by atoms with E-state index in [1.807, 2.05) is 6.07 Å². The standard InChI is InChI=1S/C13H19N3O2/c1-17-11-9-13(18-10-11)3-7-16(8-4-13)12-14-5-2-6-15-12/h2,5-6,11H,3-4,7-10H2,1H3/t11-/m0/s1. The lowest BCUT2D eigenvalue weighted by molar-refractivity contribution is -0.0178. The van der Waals surface area contributed by atoms with Crippen molar-refractivity contribution in [2.24, 2.45) is 0 Å². The molecule has 0 aromatic carbocycles. The van der Waals surface area contributed by atoms with E-state index in [4.69, 9.17) is 9.47 Å². The Labute approximate surface area is 107 Å². The predicted octanol–water partition coefficient (Wildman–Crippen LogP) is 1.25. The number of anilines is 1. The van der Waals surface area contributed by atoms with Crippen molar-refractivity contribution in [2.45, 2.75) is 31.0 Å². The van der Waals surface area contributed by atoms with Gasteiger partial charge in [0.05, 0.1) is 18.3 Å². The highest BCUT2D eigenvalue weighted by Crippen LogP contribution is 2.37. The van der Waals surface area contributed by atoms with Gasteiger partial charge >= 0.3 is 0 Å². The molecule has 0 saturated carbocycles. The van der Waals surface area contributed by atoms with Crippen LogP contribution in [0.2, 0.25) is 0 Å².